The molecule has 0 bridgehead atoms. The molecule has 0 aromatic rings. The summed E-state index contributed by atoms with van der Waals surface area (Å²) in [4.78, 5) is 16.2. The Hall–Kier alpha value is -0.810. The summed E-state index contributed by atoms with van der Waals surface area (Å²) in [6, 6.07) is 0.886. The van der Waals surface area contributed by atoms with Gasteiger partial charge in [0.2, 0.25) is 0 Å². The first kappa shape index (κ1) is 15.6. The monoisotopic (exact) mass is 283 g/mol. The van der Waals surface area contributed by atoms with Crippen LogP contribution in [0.1, 0.15) is 45.4 Å². The van der Waals surface area contributed by atoms with Crippen molar-refractivity contribution in [2.75, 3.05) is 26.7 Å². The molecular formula is C15H29N3O2. The second kappa shape index (κ2) is 7.27. The van der Waals surface area contributed by atoms with Crippen LogP contribution in [0, 0.1) is 0 Å². The molecule has 1 unspecified atom stereocenters. The summed E-state index contributed by atoms with van der Waals surface area (Å²) < 4.78 is 0. The molecule has 1 saturated heterocycles. The zero-order chi connectivity index (χ0) is 14.5. The summed E-state index contributed by atoms with van der Waals surface area (Å²) in [6.45, 7) is 4.07. The molecule has 2 amide bonds. The third kappa shape index (κ3) is 3.85. The number of aliphatic hydroxyl groups excluding tert-OH is 1. The summed E-state index contributed by atoms with van der Waals surface area (Å²) in [5.41, 5.74) is 0. The SMILES string of the molecule is CC(CO)N(C)C(=O)NC1CCN(C2CCCC2)CC1. The lowest BCUT2D eigenvalue weighted by Gasteiger charge is -2.37. The summed E-state index contributed by atoms with van der Waals surface area (Å²) in [6.07, 6.45) is 7.56. The predicted molar refractivity (Wildman–Crippen MR) is 79.7 cm³/mol. The van der Waals surface area contributed by atoms with E-state index in [2.05, 4.69) is 10.2 Å². The van der Waals surface area contributed by atoms with Gasteiger partial charge >= 0.3 is 6.03 Å². The van der Waals surface area contributed by atoms with Crippen LogP contribution in [0.25, 0.3) is 0 Å². The topological polar surface area (TPSA) is 55.8 Å². The maximum Gasteiger partial charge on any atom is 0.317 e. The number of nitrogens with zero attached hydrogens (tertiary/aromatic N) is 2. The van der Waals surface area contributed by atoms with Crippen molar-refractivity contribution in [1.82, 2.24) is 15.1 Å². The number of piperidine rings is 1. The van der Waals surface area contributed by atoms with Crippen LogP contribution in [0.5, 0.6) is 0 Å². The smallest absolute Gasteiger partial charge is 0.317 e. The minimum absolute atomic E-state index is 0.00401. The minimum Gasteiger partial charge on any atom is -0.394 e. The summed E-state index contributed by atoms with van der Waals surface area (Å²) in [7, 11) is 1.74. The van der Waals surface area contributed by atoms with Crippen LogP contribution in [0.4, 0.5) is 4.79 Å². The number of aliphatic hydroxyl groups is 1. The van der Waals surface area contributed by atoms with Crippen molar-refractivity contribution >= 4 is 6.03 Å². The highest BCUT2D eigenvalue weighted by atomic mass is 16.3. The summed E-state index contributed by atoms with van der Waals surface area (Å²) in [5, 5.41) is 12.2. The maximum atomic E-state index is 12.0. The number of hydrogen-bond acceptors (Lipinski definition) is 3. The Bertz CT molecular complexity index is 310. The summed E-state index contributed by atoms with van der Waals surface area (Å²) >= 11 is 0. The van der Waals surface area contributed by atoms with Gasteiger partial charge in [-0.1, -0.05) is 12.8 Å². The second-order valence-corrected chi connectivity index (χ2v) is 6.34. The second-order valence-electron chi connectivity index (χ2n) is 6.34. The van der Waals surface area contributed by atoms with Crippen molar-refractivity contribution in [2.45, 2.75) is 63.6 Å². The highest BCUT2D eigenvalue weighted by Crippen LogP contribution is 2.26. The quantitative estimate of drug-likeness (QED) is 0.820. The largest absolute Gasteiger partial charge is 0.394 e. The van der Waals surface area contributed by atoms with Crippen molar-refractivity contribution < 1.29 is 9.90 Å². The van der Waals surface area contributed by atoms with Crippen LogP contribution in [-0.4, -0.2) is 65.8 Å². The summed E-state index contributed by atoms with van der Waals surface area (Å²) in [5.74, 6) is 0. The zero-order valence-electron chi connectivity index (χ0n) is 12.8. The number of carbonyl (C=O) groups is 1. The molecule has 20 heavy (non-hydrogen) atoms. The van der Waals surface area contributed by atoms with Gasteiger partial charge in [-0.05, 0) is 32.6 Å². The lowest BCUT2D eigenvalue weighted by Crippen LogP contribution is -2.51. The highest BCUT2D eigenvalue weighted by molar-refractivity contribution is 5.74. The van der Waals surface area contributed by atoms with Gasteiger partial charge in [-0.15, -0.1) is 0 Å². The van der Waals surface area contributed by atoms with Crippen LogP contribution in [-0.2, 0) is 0 Å². The molecule has 0 aromatic heterocycles. The number of nitrogens with one attached hydrogen (secondary N) is 1. The van der Waals surface area contributed by atoms with E-state index in [0.29, 0.717) is 0 Å². The molecule has 0 spiro atoms. The van der Waals surface area contributed by atoms with Gasteiger partial charge in [-0.25, -0.2) is 4.79 Å². The Morgan fingerprint density at radius 3 is 2.45 bits per heavy atom. The Labute approximate surface area is 122 Å². The van der Waals surface area contributed by atoms with Gasteiger partial charge in [-0.2, -0.15) is 0 Å². The van der Waals surface area contributed by atoms with Crippen molar-refractivity contribution in [1.29, 1.82) is 0 Å². The number of carbonyl (C=O) groups excluding carboxylic acids is 1. The number of amides is 2. The average molecular weight is 283 g/mol. The fourth-order valence-corrected chi connectivity index (χ4v) is 3.28. The lowest BCUT2D eigenvalue weighted by molar-refractivity contribution is 0.131. The van der Waals surface area contributed by atoms with E-state index in [4.69, 9.17) is 5.11 Å². The number of rotatable bonds is 4. The normalized spacial score (nSPS) is 23.8. The van der Waals surface area contributed by atoms with Gasteiger partial charge in [0.1, 0.15) is 0 Å². The van der Waals surface area contributed by atoms with Crippen molar-refractivity contribution in [3.05, 3.63) is 0 Å². The van der Waals surface area contributed by atoms with E-state index >= 15 is 0 Å². The molecule has 116 valence electrons. The third-order valence-electron chi connectivity index (χ3n) is 4.94. The van der Waals surface area contributed by atoms with Gasteiger partial charge < -0.3 is 20.2 Å². The van der Waals surface area contributed by atoms with Crippen LogP contribution >= 0.6 is 0 Å². The van der Waals surface area contributed by atoms with Gasteiger partial charge in [0, 0.05) is 32.2 Å². The van der Waals surface area contributed by atoms with Crippen LogP contribution in [0.15, 0.2) is 0 Å². The van der Waals surface area contributed by atoms with E-state index in [1.807, 2.05) is 6.92 Å². The Balaban J connectivity index is 1.72. The van der Waals surface area contributed by atoms with Gasteiger partial charge in [0.25, 0.3) is 0 Å². The Morgan fingerprint density at radius 1 is 1.30 bits per heavy atom. The van der Waals surface area contributed by atoms with Gasteiger partial charge in [0.15, 0.2) is 0 Å². The number of urea groups is 1. The van der Waals surface area contributed by atoms with Crippen LogP contribution < -0.4 is 5.32 Å². The maximum absolute atomic E-state index is 12.0. The molecule has 2 aliphatic rings. The molecule has 1 atom stereocenters. The molecule has 5 nitrogen and oxygen atoms in total. The molecule has 5 heteroatoms. The lowest BCUT2D eigenvalue weighted by atomic mass is 10.0. The predicted octanol–water partition coefficient (Wildman–Crippen LogP) is 1.42. The molecule has 2 fully saturated rings. The van der Waals surface area contributed by atoms with E-state index in [1.54, 1.807) is 11.9 Å². The number of likely N-dealkylation sites (N-methyl/N-ethyl adjacent to an activating group) is 1. The first-order valence-corrected chi connectivity index (χ1v) is 8.00. The molecule has 1 aliphatic carbocycles. The van der Waals surface area contributed by atoms with E-state index in [0.717, 1.165) is 32.0 Å². The van der Waals surface area contributed by atoms with Gasteiger partial charge in [0.05, 0.1) is 12.6 Å². The third-order valence-corrected chi connectivity index (χ3v) is 4.94. The zero-order valence-corrected chi connectivity index (χ0v) is 12.8. The Kier molecular flexibility index (Phi) is 5.66. The molecule has 1 heterocycles. The fourth-order valence-electron chi connectivity index (χ4n) is 3.28. The molecular weight excluding hydrogens is 254 g/mol. The van der Waals surface area contributed by atoms with E-state index in [9.17, 15) is 4.79 Å². The fraction of sp³-hybridized carbons (Fsp3) is 0.933. The Morgan fingerprint density at radius 2 is 1.90 bits per heavy atom. The molecule has 2 rings (SSSR count). The molecule has 0 radical (unpaired) electrons. The van der Waals surface area contributed by atoms with E-state index < -0.39 is 0 Å². The number of likely N-dealkylation sites (tertiary alicyclic amines) is 1. The molecule has 0 aromatic carbocycles. The number of hydrogen-bond donors (Lipinski definition) is 2. The molecule has 2 N–H and O–H groups in total. The first-order valence-electron chi connectivity index (χ1n) is 8.00. The van der Waals surface area contributed by atoms with Crippen molar-refractivity contribution in [2.24, 2.45) is 0 Å². The molecule has 1 saturated carbocycles. The highest BCUT2D eigenvalue weighted by Gasteiger charge is 2.28. The first-order chi connectivity index (χ1) is 9.61. The van der Waals surface area contributed by atoms with E-state index in [-0.39, 0.29) is 24.7 Å². The van der Waals surface area contributed by atoms with E-state index in [1.165, 1.54) is 25.7 Å². The standard InChI is InChI=1S/C15H29N3O2/c1-12(11-19)17(2)15(20)16-13-7-9-18(10-8-13)14-5-3-4-6-14/h12-14,19H,3-11H2,1-2H3,(H,16,20). The van der Waals surface area contributed by atoms with Crippen molar-refractivity contribution in [3.63, 3.8) is 0 Å². The van der Waals surface area contributed by atoms with Crippen molar-refractivity contribution in [3.8, 4) is 0 Å². The van der Waals surface area contributed by atoms with Crippen LogP contribution in [0.2, 0.25) is 0 Å². The van der Waals surface area contributed by atoms with Gasteiger partial charge in [-0.3, -0.25) is 0 Å². The van der Waals surface area contributed by atoms with Crippen LogP contribution in [0.3, 0.4) is 0 Å². The minimum atomic E-state index is -0.131. The molecule has 1 aliphatic heterocycles. The average Bonchev–Trinajstić information content (AvgIpc) is 3.00.